The molecule has 0 N–H and O–H groups in total. The molecule has 0 saturated carbocycles. The van der Waals surface area contributed by atoms with Crippen molar-refractivity contribution in [2.75, 3.05) is 36.0 Å². The maximum Gasteiger partial charge on any atom is 0.292 e. The number of nitro benzene ring substituents is 1. The van der Waals surface area contributed by atoms with Crippen LogP contribution in [0.5, 0.6) is 0 Å². The van der Waals surface area contributed by atoms with Crippen molar-refractivity contribution in [3.63, 3.8) is 0 Å². The zero-order valence-electron chi connectivity index (χ0n) is 13.6. The normalized spacial score (nSPS) is 15.1. The maximum absolute atomic E-state index is 11.3. The molecule has 7 heteroatoms. The fourth-order valence-corrected chi connectivity index (χ4v) is 3.74. The Morgan fingerprint density at radius 3 is 2.35 bits per heavy atom. The topological polar surface area (TPSA) is 62.5 Å². The maximum atomic E-state index is 11.3. The molecular weight excluding hydrogens is 312 g/mol. The first-order chi connectivity index (χ1) is 11.0. The second-order valence-electron chi connectivity index (χ2n) is 5.86. The summed E-state index contributed by atoms with van der Waals surface area (Å²) in [6.45, 7) is 9.18. The molecule has 2 aromatic rings. The summed E-state index contributed by atoms with van der Waals surface area (Å²) in [5.74, 6) is 0. The van der Waals surface area contributed by atoms with Crippen molar-refractivity contribution in [2.24, 2.45) is 0 Å². The molecule has 0 aliphatic carbocycles. The van der Waals surface area contributed by atoms with Crippen molar-refractivity contribution in [2.45, 2.75) is 20.8 Å². The Hall–Kier alpha value is -2.15. The van der Waals surface area contributed by atoms with Crippen LogP contribution in [0.25, 0.3) is 0 Å². The van der Waals surface area contributed by atoms with Crippen LogP contribution in [0.1, 0.15) is 16.1 Å². The van der Waals surface area contributed by atoms with Crippen molar-refractivity contribution < 1.29 is 4.92 Å². The lowest BCUT2D eigenvalue weighted by atomic mass is 10.1. The fraction of sp³-hybridized carbons (Fsp3) is 0.438. The monoisotopic (exact) mass is 332 g/mol. The lowest BCUT2D eigenvalue weighted by Crippen LogP contribution is -2.46. The second-order valence-corrected chi connectivity index (χ2v) is 7.04. The van der Waals surface area contributed by atoms with E-state index in [1.165, 1.54) is 4.88 Å². The number of benzene rings is 1. The third kappa shape index (κ3) is 3.14. The molecule has 1 aromatic carbocycles. The molecule has 3 rings (SSSR count). The summed E-state index contributed by atoms with van der Waals surface area (Å²) in [6.07, 6.45) is 0. The molecule has 0 bridgehead atoms. The van der Waals surface area contributed by atoms with E-state index >= 15 is 0 Å². The summed E-state index contributed by atoms with van der Waals surface area (Å²) >= 11 is 1.72. The highest BCUT2D eigenvalue weighted by Crippen LogP contribution is 2.31. The van der Waals surface area contributed by atoms with Gasteiger partial charge in [-0.2, -0.15) is 0 Å². The number of anilines is 2. The van der Waals surface area contributed by atoms with Gasteiger partial charge in [0.25, 0.3) is 5.69 Å². The van der Waals surface area contributed by atoms with Gasteiger partial charge in [0.15, 0.2) is 5.13 Å². The Kier molecular flexibility index (Phi) is 4.21. The van der Waals surface area contributed by atoms with Crippen LogP contribution in [0.3, 0.4) is 0 Å². The number of rotatable bonds is 3. The molecule has 0 amide bonds. The van der Waals surface area contributed by atoms with Crippen LogP contribution in [-0.2, 0) is 0 Å². The van der Waals surface area contributed by atoms with Crippen LogP contribution in [0.4, 0.5) is 16.5 Å². The zero-order valence-corrected chi connectivity index (χ0v) is 14.4. The standard InChI is InChI=1S/C16H20N4O2S/c1-11-4-5-14(15(10-11)20(21)22)18-6-8-19(9-7-18)16-17-12(2)13(3)23-16/h4-5,10H,6-9H2,1-3H3. The molecule has 0 atom stereocenters. The molecule has 1 aliphatic rings. The van der Waals surface area contributed by atoms with Crippen LogP contribution in [0.2, 0.25) is 0 Å². The third-order valence-electron chi connectivity index (χ3n) is 4.24. The number of aryl methyl sites for hydroxylation is 3. The van der Waals surface area contributed by atoms with E-state index in [0.717, 1.165) is 42.6 Å². The van der Waals surface area contributed by atoms with Gasteiger partial charge in [0.2, 0.25) is 0 Å². The van der Waals surface area contributed by atoms with E-state index in [9.17, 15) is 10.1 Å². The summed E-state index contributed by atoms with van der Waals surface area (Å²) in [5, 5.41) is 12.4. The van der Waals surface area contributed by atoms with Crippen molar-refractivity contribution in [3.8, 4) is 0 Å². The summed E-state index contributed by atoms with van der Waals surface area (Å²) in [4.78, 5) is 21.2. The van der Waals surface area contributed by atoms with Crippen LogP contribution in [-0.4, -0.2) is 36.1 Å². The van der Waals surface area contributed by atoms with Gasteiger partial charge in [0, 0.05) is 37.1 Å². The zero-order chi connectivity index (χ0) is 16.6. The Labute approximate surface area is 139 Å². The third-order valence-corrected chi connectivity index (χ3v) is 5.37. The molecule has 0 radical (unpaired) electrons. The molecule has 1 aromatic heterocycles. The predicted octanol–water partition coefficient (Wildman–Crippen LogP) is 3.30. The van der Waals surface area contributed by atoms with Crippen molar-refractivity contribution in [3.05, 3.63) is 44.4 Å². The van der Waals surface area contributed by atoms with E-state index in [4.69, 9.17) is 0 Å². The van der Waals surface area contributed by atoms with E-state index in [2.05, 4.69) is 21.7 Å². The number of hydrogen-bond acceptors (Lipinski definition) is 6. The van der Waals surface area contributed by atoms with Gasteiger partial charge in [0.1, 0.15) is 5.69 Å². The molecule has 6 nitrogen and oxygen atoms in total. The highest BCUT2D eigenvalue weighted by Gasteiger charge is 2.25. The number of aromatic nitrogens is 1. The quantitative estimate of drug-likeness (QED) is 0.637. The fourth-order valence-electron chi connectivity index (χ4n) is 2.78. The van der Waals surface area contributed by atoms with Gasteiger partial charge in [-0.05, 0) is 32.4 Å². The van der Waals surface area contributed by atoms with Gasteiger partial charge in [-0.3, -0.25) is 10.1 Å². The van der Waals surface area contributed by atoms with Crippen LogP contribution < -0.4 is 9.80 Å². The molecule has 0 unspecified atom stereocenters. The molecule has 1 fully saturated rings. The van der Waals surface area contributed by atoms with Crippen LogP contribution >= 0.6 is 11.3 Å². The van der Waals surface area contributed by atoms with Gasteiger partial charge >= 0.3 is 0 Å². The summed E-state index contributed by atoms with van der Waals surface area (Å²) in [6, 6.07) is 5.44. The van der Waals surface area contributed by atoms with Gasteiger partial charge in [-0.15, -0.1) is 11.3 Å². The Balaban J connectivity index is 1.75. The van der Waals surface area contributed by atoms with Crippen molar-refractivity contribution in [1.82, 2.24) is 4.98 Å². The minimum Gasteiger partial charge on any atom is -0.362 e. The number of nitrogens with zero attached hydrogens (tertiary/aromatic N) is 4. The van der Waals surface area contributed by atoms with Crippen LogP contribution in [0.15, 0.2) is 18.2 Å². The molecule has 23 heavy (non-hydrogen) atoms. The van der Waals surface area contributed by atoms with E-state index in [0.29, 0.717) is 5.69 Å². The first-order valence-corrected chi connectivity index (χ1v) is 8.46. The Morgan fingerprint density at radius 2 is 1.78 bits per heavy atom. The average molecular weight is 332 g/mol. The Morgan fingerprint density at radius 1 is 1.13 bits per heavy atom. The molecule has 2 heterocycles. The minimum absolute atomic E-state index is 0.194. The number of hydrogen-bond donors (Lipinski definition) is 0. The van der Waals surface area contributed by atoms with E-state index in [1.807, 2.05) is 26.0 Å². The minimum atomic E-state index is -0.289. The number of nitro groups is 1. The smallest absolute Gasteiger partial charge is 0.292 e. The van der Waals surface area contributed by atoms with Gasteiger partial charge in [-0.1, -0.05) is 6.07 Å². The number of thiazole rings is 1. The van der Waals surface area contributed by atoms with Gasteiger partial charge < -0.3 is 9.80 Å². The average Bonchev–Trinajstić information content (AvgIpc) is 2.87. The van der Waals surface area contributed by atoms with Crippen LogP contribution in [0, 0.1) is 30.9 Å². The lowest BCUT2D eigenvalue weighted by Gasteiger charge is -2.35. The van der Waals surface area contributed by atoms with Crippen molar-refractivity contribution >= 4 is 27.8 Å². The SMILES string of the molecule is Cc1ccc(N2CCN(c3nc(C)c(C)s3)CC2)c([N+](=O)[O-])c1. The van der Waals surface area contributed by atoms with E-state index < -0.39 is 0 Å². The van der Waals surface area contributed by atoms with Crippen molar-refractivity contribution in [1.29, 1.82) is 0 Å². The summed E-state index contributed by atoms with van der Waals surface area (Å²) < 4.78 is 0. The first-order valence-electron chi connectivity index (χ1n) is 7.64. The largest absolute Gasteiger partial charge is 0.362 e. The Bertz CT molecular complexity index is 716. The highest BCUT2D eigenvalue weighted by molar-refractivity contribution is 7.15. The van der Waals surface area contributed by atoms with E-state index in [-0.39, 0.29) is 10.6 Å². The summed E-state index contributed by atoms with van der Waals surface area (Å²) in [5.41, 5.74) is 2.90. The molecule has 122 valence electrons. The highest BCUT2D eigenvalue weighted by atomic mass is 32.1. The predicted molar refractivity (Wildman–Crippen MR) is 93.8 cm³/mol. The van der Waals surface area contributed by atoms with Gasteiger partial charge in [0.05, 0.1) is 10.6 Å². The summed E-state index contributed by atoms with van der Waals surface area (Å²) in [7, 11) is 0. The second kappa shape index (κ2) is 6.16. The van der Waals surface area contributed by atoms with Gasteiger partial charge in [-0.25, -0.2) is 4.98 Å². The van der Waals surface area contributed by atoms with E-state index in [1.54, 1.807) is 17.4 Å². The molecule has 0 spiro atoms. The number of piperazine rings is 1. The molecule has 1 aliphatic heterocycles. The molecular formula is C16H20N4O2S. The molecule has 1 saturated heterocycles. The first kappa shape index (κ1) is 15.7. The lowest BCUT2D eigenvalue weighted by molar-refractivity contribution is -0.384.